The molecule has 0 spiro atoms. The van der Waals surface area contributed by atoms with Gasteiger partial charge in [0.2, 0.25) is 0 Å². The molecule has 0 unspecified atom stereocenters. The van der Waals surface area contributed by atoms with E-state index in [9.17, 15) is 5.11 Å². The lowest BCUT2D eigenvalue weighted by atomic mass is 9.96. The van der Waals surface area contributed by atoms with Crippen LogP contribution in [0.15, 0.2) is 24.3 Å². The lowest BCUT2D eigenvalue weighted by Gasteiger charge is -2.13. The third-order valence-corrected chi connectivity index (χ3v) is 4.80. The molecule has 2 aromatic rings. The summed E-state index contributed by atoms with van der Waals surface area (Å²) in [6, 6.07) is 8.58. The van der Waals surface area contributed by atoms with Gasteiger partial charge in [0.15, 0.2) is 0 Å². The maximum atomic E-state index is 9.70. The van der Waals surface area contributed by atoms with Gasteiger partial charge in [-0.25, -0.2) is 0 Å². The fraction of sp³-hybridized carbons (Fsp3) is 0.500. The molecule has 0 amide bonds. The van der Waals surface area contributed by atoms with Gasteiger partial charge >= 0.3 is 0 Å². The summed E-state index contributed by atoms with van der Waals surface area (Å²) in [6.45, 7) is 17.0. The Kier molecular flexibility index (Phi) is 8.20. The van der Waals surface area contributed by atoms with E-state index < -0.39 is 0 Å². The van der Waals surface area contributed by atoms with Crippen molar-refractivity contribution in [1.82, 2.24) is 0 Å². The lowest BCUT2D eigenvalue weighted by Crippen LogP contribution is -1.95. The van der Waals surface area contributed by atoms with Gasteiger partial charge in [0.1, 0.15) is 11.5 Å². The van der Waals surface area contributed by atoms with E-state index in [0.717, 1.165) is 23.3 Å². The summed E-state index contributed by atoms with van der Waals surface area (Å²) in [5.74, 6) is 2.60. The molecule has 0 radical (unpaired) electrons. The van der Waals surface area contributed by atoms with Crippen molar-refractivity contribution in [1.29, 1.82) is 0 Å². The van der Waals surface area contributed by atoms with Crippen LogP contribution in [-0.4, -0.2) is 12.2 Å². The van der Waals surface area contributed by atoms with Crippen LogP contribution in [0, 0.1) is 20.8 Å². The van der Waals surface area contributed by atoms with Crippen molar-refractivity contribution in [2.75, 3.05) is 7.11 Å². The highest BCUT2D eigenvalue weighted by Crippen LogP contribution is 2.28. The van der Waals surface area contributed by atoms with Crippen molar-refractivity contribution in [3.05, 3.63) is 57.6 Å². The summed E-state index contributed by atoms with van der Waals surface area (Å²) in [5.41, 5.74) is 7.20. The predicted octanol–water partition coefficient (Wildman–Crippen LogP) is 6.82. The average Bonchev–Trinajstić information content (AvgIpc) is 2.57. The second kappa shape index (κ2) is 9.66. The van der Waals surface area contributed by atoms with Gasteiger partial charge in [0.25, 0.3) is 0 Å². The molecule has 0 heterocycles. The first kappa shape index (κ1) is 22.1. The zero-order valence-electron chi connectivity index (χ0n) is 18.0. The number of methoxy groups -OCH3 is 1. The van der Waals surface area contributed by atoms with E-state index in [-0.39, 0.29) is 0 Å². The van der Waals surface area contributed by atoms with Gasteiger partial charge in [-0.3, -0.25) is 0 Å². The van der Waals surface area contributed by atoms with Crippen LogP contribution >= 0.6 is 0 Å². The zero-order valence-corrected chi connectivity index (χ0v) is 18.0. The van der Waals surface area contributed by atoms with Gasteiger partial charge in [-0.1, -0.05) is 58.9 Å². The molecule has 0 saturated heterocycles. The molecule has 2 heteroatoms. The number of ether oxygens (including phenoxy) is 1. The molecule has 26 heavy (non-hydrogen) atoms. The van der Waals surface area contributed by atoms with Crippen molar-refractivity contribution in [3.63, 3.8) is 0 Å². The molecule has 0 fully saturated rings. The van der Waals surface area contributed by atoms with Crippen LogP contribution in [0.4, 0.5) is 0 Å². The van der Waals surface area contributed by atoms with E-state index >= 15 is 0 Å². The van der Waals surface area contributed by atoms with Crippen LogP contribution in [-0.2, 0) is 6.42 Å². The SMILES string of the molecule is CCc1cc(C(C)C)cc(C)c1O.COc1c(C)cc(C(C)C)cc1C. The fourth-order valence-electron chi connectivity index (χ4n) is 3.12. The minimum absolute atomic E-state index is 0.465. The quantitative estimate of drug-likeness (QED) is 0.651. The van der Waals surface area contributed by atoms with Gasteiger partial charge < -0.3 is 9.84 Å². The minimum Gasteiger partial charge on any atom is -0.507 e. The number of hydrogen-bond acceptors (Lipinski definition) is 2. The largest absolute Gasteiger partial charge is 0.507 e. The number of benzene rings is 2. The number of rotatable bonds is 4. The molecule has 0 bridgehead atoms. The van der Waals surface area contributed by atoms with Crippen molar-refractivity contribution in [2.45, 2.75) is 73.6 Å². The van der Waals surface area contributed by atoms with Gasteiger partial charge in [-0.05, 0) is 72.4 Å². The summed E-state index contributed by atoms with van der Waals surface area (Å²) in [6.07, 6.45) is 0.896. The van der Waals surface area contributed by atoms with E-state index in [4.69, 9.17) is 4.74 Å². The minimum atomic E-state index is 0.465. The number of aromatic hydroxyl groups is 1. The van der Waals surface area contributed by atoms with E-state index in [1.807, 2.05) is 6.92 Å². The smallest absolute Gasteiger partial charge is 0.124 e. The Bertz CT molecular complexity index is 704. The first-order valence-corrected chi connectivity index (χ1v) is 9.59. The van der Waals surface area contributed by atoms with E-state index in [2.05, 4.69) is 72.7 Å². The van der Waals surface area contributed by atoms with Crippen molar-refractivity contribution < 1.29 is 9.84 Å². The average molecular weight is 357 g/mol. The van der Waals surface area contributed by atoms with Crippen LogP contribution in [0.25, 0.3) is 0 Å². The Morgan fingerprint density at radius 3 is 1.62 bits per heavy atom. The van der Waals surface area contributed by atoms with Crippen LogP contribution in [0.5, 0.6) is 11.5 Å². The molecule has 0 aliphatic heterocycles. The van der Waals surface area contributed by atoms with Crippen LogP contribution in [0.3, 0.4) is 0 Å². The molecule has 2 aromatic carbocycles. The third kappa shape index (κ3) is 5.52. The van der Waals surface area contributed by atoms with Gasteiger partial charge in [0, 0.05) is 0 Å². The summed E-state index contributed by atoms with van der Waals surface area (Å²) in [5, 5.41) is 9.70. The Labute approximate surface area is 160 Å². The highest BCUT2D eigenvalue weighted by Gasteiger charge is 2.08. The molecule has 2 rings (SSSR count). The van der Waals surface area contributed by atoms with Crippen molar-refractivity contribution in [3.8, 4) is 11.5 Å². The maximum Gasteiger partial charge on any atom is 0.124 e. The Balaban J connectivity index is 0.000000260. The van der Waals surface area contributed by atoms with Crippen LogP contribution < -0.4 is 4.74 Å². The molecule has 144 valence electrons. The fourth-order valence-corrected chi connectivity index (χ4v) is 3.12. The third-order valence-electron chi connectivity index (χ3n) is 4.80. The normalized spacial score (nSPS) is 10.7. The van der Waals surface area contributed by atoms with Gasteiger partial charge in [-0.2, -0.15) is 0 Å². The first-order valence-electron chi connectivity index (χ1n) is 9.59. The molecule has 0 aliphatic rings. The van der Waals surface area contributed by atoms with E-state index in [1.165, 1.54) is 22.3 Å². The monoisotopic (exact) mass is 356 g/mol. The highest BCUT2D eigenvalue weighted by atomic mass is 16.5. The van der Waals surface area contributed by atoms with Crippen molar-refractivity contribution in [2.24, 2.45) is 0 Å². The zero-order chi connectivity index (χ0) is 20.0. The second-order valence-corrected chi connectivity index (χ2v) is 7.70. The Morgan fingerprint density at radius 2 is 1.23 bits per heavy atom. The molecule has 0 saturated carbocycles. The highest BCUT2D eigenvalue weighted by molar-refractivity contribution is 5.44. The standard InChI is InChI=1S/2C12H18O/c1-8(2)11-6-9(3)12(13-5)10(4)7-11;1-5-10-7-11(8(2)3)6-9(4)12(10)13/h6-8H,1-5H3;6-8,13H,5H2,1-4H3. The number of aryl methyl sites for hydroxylation is 4. The van der Waals surface area contributed by atoms with E-state index in [0.29, 0.717) is 17.6 Å². The van der Waals surface area contributed by atoms with Crippen molar-refractivity contribution >= 4 is 0 Å². The summed E-state index contributed by atoms with van der Waals surface area (Å²) >= 11 is 0. The maximum absolute atomic E-state index is 9.70. The number of phenols is 1. The summed E-state index contributed by atoms with van der Waals surface area (Å²) in [7, 11) is 1.73. The molecule has 0 aromatic heterocycles. The van der Waals surface area contributed by atoms with E-state index in [1.54, 1.807) is 7.11 Å². The first-order chi connectivity index (χ1) is 12.1. The lowest BCUT2D eigenvalue weighted by molar-refractivity contribution is 0.408. The second-order valence-electron chi connectivity index (χ2n) is 7.70. The predicted molar refractivity (Wildman–Crippen MR) is 113 cm³/mol. The summed E-state index contributed by atoms with van der Waals surface area (Å²) < 4.78 is 5.31. The van der Waals surface area contributed by atoms with Gasteiger partial charge in [-0.15, -0.1) is 0 Å². The Hall–Kier alpha value is -1.96. The topological polar surface area (TPSA) is 29.5 Å². The van der Waals surface area contributed by atoms with Gasteiger partial charge in [0.05, 0.1) is 7.11 Å². The number of hydrogen-bond donors (Lipinski definition) is 1. The number of phenolic OH excluding ortho intramolecular Hbond substituents is 1. The molecular formula is C24H36O2. The molecule has 2 nitrogen and oxygen atoms in total. The van der Waals surface area contributed by atoms with Crippen LogP contribution in [0.1, 0.15) is 79.8 Å². The van der Waals surface area contributed by atoms with Crippen LogP contribution in [0.2, 0.25) is 0 Å². The molecule has 1 N–H and O–H groups in total. The Morgan fingerprint density at radius 1 is 0.808 bits per heavy atom. The molecular weight excluding hydrogens is 320 g/mol. The molecule has 0 atom stereocenters. The molecule has 0 aliphatic carbocycles. The summed E-state index contributed by atoms with van der Waals surface area (Å²) in [4.78, 5) is 0.